The van der Waals surface area contributed by atoms with Crippen molar-refractivity contribution in [2.75, 3.05) is 13.7 Å². The van der Waals surface area contributed by atoms with Crippen molar-refractivity contribution in [1.29, 1.82) is 0 Å². The molecule has 4 heteroatoms. The number of nitrogens with one attached hydrogen (secondary N) is 1. The van der Waals surface area contributed by atoms with Crippen molar-refractivity contribution >= 4 is 17.5 Å². The van der Waals surface area contributed by atoms with Crippen LogP contribution in [0.25, 0.3) is 0 Å². The van der Waals surface area contributed by atoms with Crippen LogP contribution in [0.1, 0.15) is 37.0 Å². The lowest BCUT2D eigenvalue weighted by Crippen LogP contribution is -2.29. The van der Waals surface area contributed by atoms with E-state index in [-0.39, 0.29) is 5.91 Å². The van der Waals surface area contributed by atoms with E-state index in [2.05, 4.69) is 19.2 Å². The summed E-state index contributed by atoms with van der Waals surface area (Å²) in [6.45, 7) is 4.95. The second kappa shape index (κ2) is 7.27. The summed E-state index contributed by atoms with van der Waals surface area (Å²) in [5.41, 5.74) is 0.521. The van der Waals surface area contributed by atoms with Crippen LogP contribution in [-0.2, 0) is 0 Å². The largest absolute Gasteiger partial charge is 0.496 e. The molecule has 1 aromatic carbocycles. The predicted octanol–water partition coefficient (Wildman–Crippen LogP) is 3.51. The smallest absolute Gasteiger partial charge is 0.255 e. The molecule has 0 saturated carbocycles. The molecule has 0 bridgehead atoms. The van der Waals surface area contributed by atoms with Crippen LogP contribution in [0, 0.1) is 5.92 Å². The van der Waals surface area contributed by atoms with Gasteiger partial charge in [0.05, 0.1) is 12.7 Å². The summed E-state index contributed by atoms with van der Waals surface area (Å²) in [6.07, 6.45) is 2.13. The van der Waals surface area contributed by atoms with E-state index in [0.717, 1.165) is 12.8 Å². The molecule has 1 aromatic rings. The molecule has 0 atom stereocenters. The minimum atomic E-state index is -0.115. The van der Waals surface area contributed by atoms with Gasteiger partial charge in [0, 0.05) is 11.6 Å². The summed E-state index contributed by atoms with van der Waals surface area (Å²) >= 11 is 5.86. The molecule has 0 aliphatic heterocycles. The fourth-order valence-electron chi connectivity index (χ4n) is 1.76. The SMILES string of the molecule is CCC(CC)CNC(=O)c1ccc(Cl)cc1OC. The van der Waals surface area contributed by atoms with Gasteiger partial charge in [-0.2, -0.15) is 0 Å². The van der Waals surface area contributed by atoms with E-state index in [4.69, 9.17) is 16.3 Å². The molecule has 1 amide bonds. The molecule has 0 fully saturated rings. The zero-order chi connectivity index (χ0) is 13.5. The summed E-state index contributed by atoms with van der Waals surface area (Å²) in [5, 5.41) is 3.49. The fraction of sp³-hybridized carbons (Fsp3) is 0.500. The standard InChI is InChI=1S/C14H20ClNO2/c1-4-10(5-2)9-16-14(17)12-7-6-11(15)8-13(12)18-3/h6-8,10H,4-5,9H2,1-3H3,(H,16,17). The molecule has 0 aliphatic carbocycles. The lowest BCUT2D eigenvalue weighted by molar-refractivity contribution is 0.0943. The number of amides is 1. The minimum Gasteiger partial charge on any atom is -0.496 e. The Bertz CT molecular complexity index is 403. The highest BCUT2D eigenvalue weighted by Crippen LogP contribution is 2.23. The van der Waals surface area contributed by atoms with Crippen molar-refractivity contribution < 1.29 is 9.53 Å². The van der Waals surface area contributed by atoms with Gasteiger partial charge in [-0.3, -0.25) is 4.79 Å². The van der Waals surface area contributed by atoms with Crippen LogP contribution in [0.4, 0.5) is 0 Å². The predicted molar refractivity (Wildman–Crippen MR) is 74.4 cm³/mol. The summed E-state index contributed by atoms with van der Waals surface area (Å²) in [6, 6.07) is 5.02. The summed E-state index contributed by atoms with van der Waals surface area (Å²) in [4.78, 5) is 12.0. The van der Waals surface area contributed by atoms with Gasteiger partial charge in [-0.15, -0.1) is 0 Å². The summed E-state index contributed by atoms with van der Waals surface area (Å²) in [7, 11) is 1.53. The van der Waals surface area contributed by atoms with Crippen LogP contribution in [0.3, 0.4) is 0 Å². The number of carbonyl (C=O) groups excluding carboxylic acids is 1. The van der Waals surface area contributed by atoms with Crippen LogP contribution in [0.2, 0.25) is 5.02 Å². The van der Waals surface area contributed by atoms with E-state index in [1.807, 2.05) is 0 Å². The van der Waals surface area contributed by atoms with Crippen molar-refractivity contribution in [2.45, 2.75) is 26.7 Å². The molecule has 1 rings (SSSR count). The molecule has 18 heavy (non-hydrogen) atoms. The third-order valence-electron chi connectivity index (χ3n) is 3.11. The summed E-state index contributed by atoms with van der Waals surface area (Å²) < 4.78 is 5.16. The Morgan fingerprint density at radius 2 is 2.06 bits per heavy atom. The molecular formula is C14H20ClNO2. The van der Waals surface area contributed by atoms with Gasteiger partial charge < -0.3 is 10.1 Å². The Hall–Kier alpha value is -1.22. The third kappa shape index (κ3) is 3.91. The van der Waals surface area contributed by atoms with Crippen molar-refractivity contribution in [1.82, 2.24) is 5.32 Å². The van der Waals surface area contributed by atoms with Crippen molar-refractivity contribution in [2.24, 2.45) is 5.92 Å². The van der Waals surface area contributed by atoms with E-state index in [1.165, 1.54) is 7.11 Å². The number of hydrogen-bond acceptors (Lipinski definition) is 2. The second-order valence-corrected chi connectivity index (χ2v) is 4.67. The molecule has 1 N–H and O–H groups in total. The van der Waals surface area contributed by atoms with Crippen LogP contribution in [0.5, 0.6) is 5.75 Å². The van der Waals surface area contributed by atoms with E-state index in [9.17, 15) is 4.79 Å². The number of benzene rings is 1. The van der Waals surface area contributed by atoms with Crippen LogP contribution in [0.15, 0.2) is 18.2 Å². The molecule has 0 radical (unpaired) electrons. The Kier molecular flexibility index (Phi) is 5.99. The Labute approximate surface area is 113 Å². The van der Waals surface area contributed by atoms with Gasteiger partial charge >= 0.3 is 0 Å². The molecule has 0 aromatic heterocycles. The van der Waals surface area contributed by atoms with Gasteiger partial charge in [-0.1, -0.05) is 38.3 Å². The summed E-state index contributed by atoms with van der Waals surface area (Å²) in [5.74, 6) is 0.909. The molecule has 0 spiro atoms. The first-order valence-electron chi connectivity index (χ1n) is 6.24. The zero-order valence-corrected chi connectivity index (χ0v) is 11.9. The molecule has 100 valence electrons. The molecule has 0 aliphatic rings. The Morgan fingerprint density at radius 1 is 1.39 bits per heavy atom. The van der Waals surface area contributed by atoms with Crippen molar-refractivity contribution in [3.63, 3.8) is 0 Å². The van der Waals surface area contributed by atoms with Gasteiger partial charge in [-0.25, -0.2) is 0 Å². The van der Waals surface area contributed by atoms with E-state index >= 15 is 0 Å². The Balaban J connectivity index is 2.72. The lowest BCUT2D eigenvalue weighted by Gasteiger charge is -2.14. The highest BCUT2D eigenvalue weighted by molar-refractivity contribution is 6.30. The number of rotatable bonds is 6. The van der Waals surface area contributed by atoms with Gasteiger partial charge in [0.25, 0.3) is 5.91 Å². The quantitative estimate of drug-likeness (QED) is 0.858. The average molecular weight is 270 g/mol. The van der Waals surface area contributed by atoms with Crippen LogP contribution >= 0.6 is 11.6 Å². The Morgan fingerprint density at radius 3 is 2.61 bits per heavy atom. The maximum absolute atomic E-state index is 12.0. The number of carbonyl (C=O) groups is 1. The maximum atomic E-state index is 12.0. The average Bonchev–Trinajstić information content (AvgIpc) is 2.39. The normalized spacial score (nSPS) is 10.5. The molecule has 0 unspecified atom stereocenters. The number of methoxy groups -OCH3 is 1. The van der Waals surface area contributed by atoms with E-state index in [1.54, 1.807) is 18.2 Å². The van der Waals surface area contributed by atoms with E-state index in [0.29, 0.717) is 28.8 Å². The molecule has 3 nitrogen and oxygen atoms in total. The van der Waals surface area contributed by atoms with Crippen molar-refractivity contribution in [3.05, 3.63) is 28.8 Å². The maximum Gasteiger partial charge on any atom is 0.255 e. The highest BCUT2D eigenvalue weighted by Gasteiger charge is 2.13. The minimum absolute atomic E-state index is 0.115. The topological polar surface area (TPSA) is 38.3 Å². The zero-order valence-electron chi connectivity index (χ0n) is 11.1. The highest BCUT2D eigenvalue weighted by atomic mass is 35.5. The monoisotopic (exact) mass is 269 g/mol. The molecule has 0 heterocycles. The van der Waals surface area contributed by atoms with Gasteiger partial charge in [0.1, 0.15) is 5.75 Å². The number of ether oxygens (including phenoxy) is 1. The van der Waals surface area contributed by atoms with Crippen LogP contribution < -0.4 is 10.1 Å². The van der Waals surface area contributed by atoms with E-state index < -0.39 is 0 Å². The second-order valence-electron chi connectivity index (χ2n) is 4.24. The number of hydrogen-bond donors (Lipinski definition) is 1. The van der Waals surface area contributed by atoms with Gasteiger partial charge in [0.15, 0.2) is 0 Å². The first kappa shape index (κ1) is 14.8. The van der Waals surface area contributed by atoms with Crippen LogP contribution in [-0.4, -0.2) is 19.6 Å². The fourth-order valence-corrected chi connectivity index (χ4v) is 1.92. The van der Waals surface area contributed by atoms with Gasteiger partial charge in [0.2, 0.25) is 0 Å². The van der Waals surface area contributed by atoms with Crippen molar-refractivity contribution in [3.8, 4) is 5.75 Å². The van der Waals surface area contributed by atoms with Gasteiger partial charge in [-0.05, 0) is 24.1 Å². The first-order valence-corrected chi connectivity index (χ1v) is 6.61. The first-order chi connectivity index (χ1) is 8.62. The molecular weight excluding hydrogens is 250 g/mol. The number of halogens is 1. The lowest BCUT2D eigenvalue weighted by atomic mass is 10.0. The molecule has 0 saturated heterocycles. The third-order valence-corrected chi connectivity index (χ3v) is 3.35.